The fraction of sp³-hybridized carbons (Fsp3) is 0.222. The molecule has 0 saturated carbocycles. The molecule has 0 aliphatic heterocycles. The normalized spacial score (nSPS) is 12.8. The number of hydrogen-bond acceptors (Lipinski definition) is 0. The molecule has 20 heavy (non-hydrogen) atoms. The van der Waals surface area contributed by atoms with Crippen LogP contribution in [0.4, 0.5) is 0 Å². The Morgan fingerprint density at radius 1 is 0.800 bits per heavy atom. The summed E-state index contributed by atoms with van der Waals surface area (Å²) < 4.78 is 0. The van der Waals surface area contributed by atoms with Crippen LogP contribution in [0.1, 0.15) is 20.8 Å². The summed E-state index contributed by atoms with van der Waals surface area (Å²) in [5, 5.41) is 2.94. The Morgan fingerprint density at radius 3 is 1.50 bits per heavy atom. The van der Waals surface area contributed by atoms with E-state index < -0.39 is 8.07 Å². The number of rotatable bonds is 3. The Bertz CT molecular complexity index is 528. The Kier molecular flexibility index (Phi) is 4.51. The van der Waals surface area contributed by atoms with Crippen LogP contribution < -0.4 is 10.4 Å². The maximum absolute atomic E-state index is 6.05. The molecule has 104 valence electrons. The van der Waals surface area contributed by atoms with E-state index in [4.69, 9.17) is 11.6 Å². The topological polar surface area (TPSA) is 0 Å². The molecule has 0 spiro atoms. The summed E-state index contributed by atoms with van der Waals surface area (Å²) in [7, 11) is -2.06. The lowest BCUT2D eigenvalue weighted by Gasteiger charge is -2.41. The van der Waals surface area contributed by atoms with E-state index in [-0.39, 0.29) is 5.04 Å². The second kappa shape index (κ2) is 5.98. The van der Waals surface area contributed by atoms with Gasteiger partial charge in [0.15, 0.2) is 0 Å². The minimum Gasteiger partial charge on any atom is -0.0937 e. The van der Waals surface area contributed by atoms with Crippen molar-refractivity contribution in [2.24, 2.45) is 0 Å². The van der Waals surface area contributed by atoms with Gasteiger partial charge in [0.1, 0.15) is 8.07 Å². The molecule has 0 fully saturated rings. The average Bonchev–Trinajstić information content (AvgIpc) is 2.45. The van der Waals surface area contributed by atoms with Gasteiger partial charge in [-0.2, -0.15) is 0 Å². The van der Waals surface area contributed by atoms with E-state index in [0.717, 1.165) is 0 Å². The van der Waals surface area contributed by atoms with Crippen LogP contribution >= 0.6 is 11.6 Å². The van der Waals surface area contributed by atoms with E-state index in [9.17, 15) is 0 Å². The van der Waals surface area contributed by atoms with Gasteiger partial charge in [-0.1, -0.05) is 98.7 Å². The third-order valence-corrected chi connectivity index (χ3v) is 9.81. The molecule has 0 nitrogen and oxygen atoms in total. The zero-order chi connectivity index (χ0) is 14.6. The molecule has 0 atom stereocenters. The van der Waals surface area contributed by atoms with Crippen LogP contribution in [0.25, 0.3) is 0 Å². The number of halogens is 1. The minimum absolute atomic E-state index is 0.140. The lowest BCUT2D eigenvalue weighted by Crippen LogP contribution is -2.63. The first kappa shape index (κ1) is 15.1. The third kappa shape index (κ3) is 2.61. The van der Waals surface area contributed by atoms with Crippen LogP contribution in [-0.4, -0.2) is 8.07 Å². The Balaban J connectivity index is 2.77. The van der Waals surface area contributed by atoms with E-state index in [0.29, 0.717) is 0 Å². The van der Waals surface area contributed by atoms with Crippen molar-refractivity contribution in [3.63, 3.8) is 0 Å². The van der Waals surface area contributed by atoms with Crippen molar-refractivity contribution in [2.75, 3.05) is 0 Å². The molecule has 2 aromatic rings. The van der Waals surface area contributed by atoms with E-state index in [1.807, 2.05) is 0 Å². The molecule has 0 radical (unpaired) electrons. The molecule has 0 amide bonds. The summed E-state index contributed by atoms with van der Waals surface area (Å²) in [4.78, 5) is 0. The van der Waals surface area contributed by atoms with Crippen molar-refractivity contribution < 1.29 is 0 Å². The van der Waals surface area contributed by atoms with Crippen LogP contribution in [0.15, 0.2) is 71.9 Å². The van der Waals surface area contributed by atoms with Gasteiger partial charge in [-0.15, -0.1) is 0 Å². The molecule has 0 unspecified atom stereocenters. The standard InChI is InChI=1S/C18H21ClSi/c1-18(2,3)20(15-14-19,16-10-6-4-7-11-16)17-12-8-5-9-13-17/h4-15H,1-3H3. The maximum atomic E-state index is 6.05. The highest BCUT2D eigenvalue weighted by Crippen LogP contribution is 2.36. The zero-order valence-electron chi connectivity index (χ0n) is 12.3. The monoisotopic (exact) mass is 300 g/mol. The molecule has 2 heteroatoms. The van der Waals surface area contributed by atoms with Gasteiger partial charge in [-0.25, -0.2) is 0 Å². The van der Waals surface area contributed by atoms with Crippen molar-refractivity contribution in [3.05, 3.63) is 71.9 Å². The number of hydrogen-bond donors (Lipinski definition) is 0. The largest absolute Gasteiger partial charge is 0.147 e. The predicted molar refractivity (Wildman–Crippen MR) is 92.6 cm³/mol. The second-order valence-electron chi connectivity index (χ2n) is 6.08. The molecule has 0 bridgehead atoms. The summed E-state index contributed by atoms with van der Waals surface area (Å²) >= 11 is 6.05. The van der Waals surface area contributed by atoms with Gasteiger partial charge in [0.05, 0.1) is 0 Å². The molecule has 0 N–H and O–H groups in total. The van der Waals surface area contributed by atoms with Crippen LogP contribution in [0.2, 0.25) is 5.04 Å². The second-order valence-corrected chi connectivity index (χ2v) is 10.9. The maximum Gasteiger partial charge on any atom is 0.147 e. The molecular weight excluding hydrogens is 280 g/mol. The molecule has 2 aromatic carbocycles. The molecular formula is C18H21ClSi. The highest BCUT2D eigenvalue weighted by Gasteiger charge is 2.45. The van der Waals surface area contributed by atoms with Crippen molar-refractivity contribution in [2.45, 2.75) is 25.8 Å². The first-order chi connectivity index (χ1) is 9.52. The van der Waals surface area contributed by atoms with Gasteiger partial charge in [-0.3, -0.25) is 0 Å². The van der Waals surface area contributed by atoms with Crippen molar-refractivity contribution >= 4 is 30.0 Å². The molecule has 0 aliphatic rings. The van der Waals surface area contributed by atoms with Crippen LogP contribution in [0.5, 0.6) is 0 Å². The summed E-state index contributed by atoms with van der Waals surface area (Å²) in [5.74, 6) is 0. The van der Waals surface area contributed by atoms with Gasteiger partial charge in [0, 0.05) is 0 Å². The fourth-order valence-corrected chi connectivity index (χ4v) is 8.11. The first-order valence-corrected chi connectivity index (χ1v) is 9.43. The zero-order valence-corrected chi connectivity index (χ0v) is 14.1. The SMILES string of the molecule is CC(C)(C)[Si](C=CCl)(c1ccccc1)c1ccccc1. The van der Waals surface area contributed by atoms with Crippen LogP contribution in [-0.2, 0) is 0 Å². The highest BCUT2D eigenvalue weighted by molar-refractivity contribution is 7.08. The van der Waals surface area contributed by atoms with E-state index in [2.05, 4.69) is 87.1 Å². The lowest BCUT2D eigenvalue weighted by molar-refractivity contribution is 0.739. The number of benzene rings is 2. The molecule has 2 rings (SSSR count). The molecule has 0 saturated heterocycles. The first-order valence-electron chi connectivity index (χ1n) is 6.91. The van der Waals surface area contributed by atoms with Gasteiger partial charge in [0.25, 0.3) is 0 Å². The van der Waals surface area contributed by atoms with Gasteiger partial charge in [0.2, 0.25) is 0 Å². The Morgan fingerprint density at radius 2 is 1.20 bits per heavy atom. The predicted octanol–water partition coefficient (Wildman–Crippen LogP) is 4.34. The van der Waals surface area contributed by atoms with Gasteiger partial charge >= 0.3 is 0 Å². The van der Waals surface area contributed by atoms with E-state index in [1.54, 1.807) is 5.54 Å². The van der Waals surface area contributed by atoms with Crippen molar-refractivity contribution in [1.29, 1.82) is 0 Å². The summed E-state index contributed by atoms with van der Waals surface area (Å²) in [5.41, 5.74) is 3.96. The van der Waals surface area contributed by atoms with Gasteiger partial charge in [-0.05, 0) is 20.9 Å². The smallest absolute Gasteiger partial charge is 0.0937 e. The van der Waals surface area contributed by atoms with Crippen LogP contribution in [0.3, 0.4) is 0 Å². The molecule has 0 heterocycles. The summed E-state index contributed by atoms with van der Waals surface area (Å²) in [6.45, 7) is 6.95. The molecule has 0 aromatic heterocycles. The summed E-state index contributed by atoms with van der Waals surface area (Å²) in [6, 6.07) is 21.6. The average molecular weight is 301 g/mol. The lowest BCUT2D eigenvalue weighted by atomic mass is 10.2. The van der Waals surface area contributed by atoms with Crippen LogP contribution in [0, 0.1) is 0 Å². The Hall–Kier alpha value is -1.31. The van der Waals surface area contributed by atoms with Crippen molar-refractivity contribution in [1.82, 2.24) is 0 Å². The molecule has 0 aliphatic carbocycles. The van der Waals surface area contributed by atoms with E-state index >= 15 is 0 Å². The highest BCUT2D eigenvalue weighted by atomic mass is 35.5. The van der Waals surface area contributed by atoms with Crippen molar-refractivity contribution in [3.8, 4) is 0 Å². The quantitative estimate of drug-likeness (QED) is 0.740. The Labute approximate surface area is 128 Å². The van der Waals surface area contributed by atoms with Gasteiger partial charge < -0.3 is 0 Å². The third-order valence-electron chi connectivity index (χ3n) is 3.95. The summed E-state index contributed by atoms with van der Waals surface area (Å²) in [6.07, 6.45) is 0. The fourth-order valence-electron chi connectivity index (χ4n) is 2.97. The van der Waals surface area contributed by atoms with E-state index in [1.165, 1.54) is 10.4 Å². The minimum atomic E-state index is -2.06.